The van der Waals surface area contributed by atoms with E-state index in [4.69, 9.17) is 5.73 Å². The van der Waals surface area contributed by atoms with Crippen molar-refractivity contribution in [2.24, 2.45) is 5.73 Å². The molecule has 0 spiro atoms. The molecule has 0 unspecified atom stereocenters. The summed E-state index contributed by atoms with van der Waals surface area (Å²) in [7, 11) is 1.72. The average molecular weight is 287 g/mol. The Kier molecular flexibility index (Phi) is 5.11. The molecule has 21 heavy (non-hydrogen) atoms. The zero-order chi connectivity index (χ0) is 15.2. The molecule has 112 valence electrons. The van der Waals surface area contributed by atoms with Gasteiger partial charge in [-0.3, -0.25) is 14.5 Å². The van der Waals surface area contributed by atoms with Gasteiger partial charge in [-0.15, -0.1) is 0 Å². The summed E-state index contributed by atoms with van der Waals surface area (Å²) in [6.07, 6.45) is 2.96. The van der Waals surface area contributed by atoms with Crippen LogP contribution in [-0.4, -0.2) is 54.8 Å². The standard InChI is InChI=1S/C16H21N3O2/c1-18(11-15(17)20)12-16(21)19-9-7-14(8-10-19)13-5-3-2-4-6-13/h2-7H,8-12H2,1H3,(H2,17,20). The van der Waals surface area contributed by atoms with Crippen LogP contribution in [0.4, 0.5) is 0 Å². The second-order valence-corrected chi connectivity index (χ2v) is 5.32. The molecule has 1 aromatic rings. The third-order valence-corrected chi connectivity index (χ3v) is 3.54. The van der Waals surface area contributed by atoms with E-state index >= 15 is 0 Å². The average Bonchev–Trinajstić information content (AvgIpc) is 2.47. The van der Waals surface area contributed by atoms with E-state index in [1.807, 2.05) is 23.1 Å². The number of rotatable bonds is 5. The Morgan fingerprint density at radius 3 is 2.52 bits per heavy atom. The van der Waals surface area contributed by atoms with Gasteiger partial charge in [-0.05, 0) is 24.6 Å². The van der Waals surface area contributed by atoms with Crippen molar-refractivity contribution in [3.05, 3.63) is 42.0 Å². The molecule has 2 rings (SSSR count). The molecule has 0 saturated heterocycles. The summed E-state index contributed by atoms with van der Waals surface area (Å²) >= 11 is 0. The number of carbonyl (C=O) groups is 2. The lowest BCUT2D eigenvalue weighted by Crippen LogP contribution is -2.43. The minimum absolute atomic E-state index is 0.0297. The van der Waals surface area contributed by atoms with E-state index in [1.165, 1.54) is 11.1 Å². The Morgan fingerprint density at radius 1 is 1.24 bits per heavy atom. The van der Waals surface area contributed by atoms with Crippen LogP contribution < -0.4 is 5.73 Å². The summed E-state index contributed by atoms with van der Waals surface area (Å²) < 4.78 is 0. The fourth-order valence-electron chi connectivity index (χ4n) is 2.46. The first-order chi connectivity index (χ1) is 10.1. The second kappa shape index (κ2) is 7.04. The van der Waals surface area contributed by atoms with E-state index in [0.717, 1.165) is 6.42 Å². The Morgan fingerprint density at radius 2 is 1.95 bits per heavy atom. The summed E-state index contributed by atoms with van der Waals surface area (Å²) in [5.41, 5.74) is 7.62. The smallest absolute Gasteiger partial charge is 0.237 e. The van der Waals surface area contributed by atoms with E-state index in [-0.39, 0.29) is 19.0 Å². The molecule has 2 N–H and O–H groups in total. The van der Waals surface area contributed by atoms with Crippen molar-refractivity contribution in [2.75, 3.05) is 33.2 Å². The van der Waals surface area contributed by atoms with Gasteiger partial charge in [0.05, 0.1) is 13.1 Å². The predicted molar refractivity (Wildman–Crippen MR) is 82.3 cm³/mol. The Hall–Kier alpha value is -2.14. The van der Waals surface area contributed by atoms with E-state index in [2.05, 4.69) is 18.2 Å². The summed E-state index contributed by atoms with van der Waals surface area (Å²) in [6.45, 7) is 1.65. The van der Waals surface area contributed by atoms with Crippen LogP contribution in [0, 0.1) is 0 Å². The predicted octanol–water partition coefficient (Wildman–Crippen LogP) is 0.719. The van der Waals surface area contributed by atoms with Gasteiger partial charge >= 0.3 is 0 Å². The van der Waals surface area contributed by atoms with Crippen LogP contribution in [0.2, 0.25) is 0 Å². The fourth-order valence-corrected chi connectivity index (χ4v) is 2.46. The van der Waals surface area contributed by atoms with Crippen molar-refractivity contribution in [1.29, 1.82) is 0 Å². The van der Waals surface area contributed by atoms with Crippen molar-refractivity contribution in [3.8, 4) is 0 Å². The van der Waals surface area contributed by atoms with Crippen LogP contribution in [-0.2, 0) is 9.59 Å². The van der Waals surface area contributed by atoms with Crippen LogP contribution in [0.25, 0.3) is 5.57 Å². The van der Waals surface area contributed by atoms with E-state index in [1.54, 1.807) is 11.9 Å². The molecular formula is C16H21N3O2. The van der Waals surface area contributed by atoms with Crippen LogP contribution in [0.5, 0.6) is 0 Å². The van der Waals surface area contributed by atoms with Gasteiger partial charge in [0.1, 0.15) is 0 Å². The number of nitrogens with zero attached hydrogens (tertiary/aromatic N) is 2. The van der Waals surface area contributed by atoms with Crippen molar-refractivity contribution in [3.63, 3.8) is 0 Å². The first kappa shape index (κ1) is 15.3. The first-order valence-electron chi connectivity index (χ1n) is 7.05. The maximum Gasteiger partial charge on any atom is 0.237 e. The molecule has 0 atom stereocenters. The van der Waals surface area contributed by atoms with E-state index < -0.39 is 5.91 Å². The SMILES string of the molecule is CN(CC(N)=O)CC(=O)N1CC=C(c2ccccc2)CC1. The minimum atomic E-state index is -0.421. The van der Waals surface area contributed by atoms with Crippen molar-refractivity contribution >= 4 is 17.4 Å². The third-order valence-electron chi connectivity index (χ3n) is 3.54. The Bertz CT molecular complexity index is 540. The van der Waals surface area contributed by atoms with Gasteiger partial charge in [-0.2, -0.15) is 0 Å². The van der Waals surface area contributed by atoms with Gasteiger partial charge in [0.25, 0.3) is 0 Å². The van der Waals surface area contributed by atoms with Gasteiger partial charge in [0, 0.05) is 13.1 Å². The molecule has 0 aromatic heterocycles. The van der Waals surface area contributed by atoms with Crippen LogP contribution in [0.15, 0.2) is 36.4 Å². The van der Waals surface area contributed by atoms with Crippen molar-refractivity contribution < 1.29 is 9.59 Å². The lowest BCUT2D eigenvalue weighted by molar-refractivity contribution is -0.132. The maximum absolute atomic E-state index is 12.1. The number of benzene rings is 1. The van der Waals surface area contributed by atoms with Crippen molar-refractivity contribution in [2.45, 2.75) is 6.42 Å². The molecule has 0 radical (unpaired) electrons. The van der Waals surface area contributed by atoms with Gasteiger partial charge < -0.3 is 10.6 Å². The Balaban J connectivity index is 1.89. The number of likely N-dealkylation sites (N-methyl/N-ethyl adjacent to an activating group) is 1. The van der Waals surface area contributed by atoms with E-state index in [9.17, 15) is 9.59 Å². The summed E-state index contributed by atoms with van der Waals surface area (Å²) in [6, 6.07) is 10.2. The zero-order valence-corrected chi connectivity index (χ0v) is 12.3. The second-order valence-electron chi connectivity index (χ2n) is 5.32. The van der Waals surface area contributed by atoms with E-state index in [0.29, 0.717) is 13.1 Å². The topological polar surface area (TPSA) is 66.6 Å². The molecule has 1 aliphatic rings. The minimum Gasteiger partial charge on any atom is -0.369 e. The highest BCUT2D eigenvalue weighted by molar-refractivity contribution is 5.81. The van der Waals surface area contributed by atoms with Gasteiger partial charge in [0.2, 0.25) is 11.8 Å². The number of hydrogen-bond acceptors (Lipinski definition) is 3. The van der Waals surface area contributed by atoms with Crippen LogP contribution in [0.3, 0.4) is 0 Å². The summed E-state index contributed by atoms with van der Waals surface area (Å²) in [5.74, 6) is -0.391. The lowest BCUT2D eigenvalue weighted by Gasteiger charge is -2.28. The number of nitrogens with two attached hydrogens (primary N) is 1. The summed E-state index contributed by atoms with van der Waals surface area (Å²) in [5, 5.41) is 0. The number of primary amides is 1. The monoisotopic (exact) mass is 287 g/mol. The molecule has 0 saturated carbocycles. The lowest BCUT2D eigenvalue weighted by atomic mass is 9.99. The number of carbonyl (C=O) groups excluding carboxylic acids is 2. The summed E-state index contributed by atoms with van der Waals surface area (Å²) in [4.78, 5) is 26.4. The third kappa shape index (κ3) is 4.43. The van der Waals surface area contributed by atoms with Gasteiger partial charge in [0.15, 0.2) is 0 Å². The molecule has 1 aliphatic heterocycles. The molecule has 1 aromatic carbocycles. The number of hydrogen-bond donors (Lipinski definition) is 1. The number of amides is 2. The van der Waals surface area contributed by atoms with Gasteiger partial charge in [-0.1, -0.05) is 36.4 Å². The zero-order valence-electron chi connectivity index (χ0n) is 12.3. The maximum atomic E-state index is 12.1. The Labute approximate surface area is 125 Å². The first-order valence-corrected chi connectivity index (χ1v) is 7.05. The highest BCUT2D eigenvalue weighted by atomic mass is 16.2. The largest absolute Gasteiger partial charge is 0.369 e. The molecule has 0 bridgehead atoms. The van der Waals surface area contributed by atoms with Crippen LogP contribution in [0.1, 0.15) is 12.0 Å². The molecule has 5 nitrogen and oxygen atoms in total. The quantitative estimate of drug-likeness (QED) is 0.867. The highest BCUT2D eigenvalue weighted by Gasteiger charge is 2.19. The highest BCUT2D eigenvalue weighted by Crippen LogP contribution is 2.21. The molecule has 2 amide bonds. The molecule has 0 aliphatic carbocycles. The van der Waals surface area contributed by atoms with Gasteiger partial charge in [-0.25, -0.2) is 0 Å². The van der Waals surface area contributed by atoms with Crippen molar-refractivity contribution in [1.82, 2.24) is 9.80 Å². The molecular weight excluding hydrogens is 266 g/mol. The normalized spacial score (nSPS) is 15.0. The van der Waals surface area contributed by atoms with Crippen LogP contribution >= 0.6 is 0 Å². The fraction of sp³-hybridized carbons (Fsp3) is 0.375. The molecule has 1 heterocycles. The molecule has 0 fully saturated rings. The molecule has 5 heteroatoms.